The van der Waals surface area contributed by atoms with Crippen molar-refractivity contribution in [3.8, 4) is 0 Å². The number of aryl methyl sites for hydroxylation is 1. The molecule has 0 bridgehead atoms. The van der Waals surface area contributed by atoms with Crippen LogP contribution in [0.4, 0.5) is 5.69 Å². The third-order valence-corrected chi connectivity index (χ3v) is 3.45. The van der Waals surface area contributed by atoms with E-state index in [1.807, 2.05) is 25.1 Å². The van der Waals surface area contributed by atoms with Gasteiger partial charge in [0.15, 0.2) is 0 Å². The first-order valence-corrected chi connectivity index (χ1v) is 7.77. The van der Waals surface area contributed by atoms with E-state index < -0.39 is 0 Å². The summed E-state index contributed by atoms with van der Waals surface area (Å²) in [5.41, 5.74) is 2.80. The Morgan fingerprint density at radius 1 is 1.20 bits per heavy atom. The minimum atomic E-state index is 0.0348. The van der Waals surface area contributed by atoms with E-state index >= 15 is 0 Å². The van der Waals surface area contributed by atoms with Crippen LogP contribution in [0.2, 0.25) is 0 Å². The molecule has 0 fully saturated rings. The van der Waals surface area contributed by atoms with Crippen molar-refractivity contribution >= 4 is 11.6 Å². The van der Waals surface area contributed by atoms with Crippen LogP contribution in [0.25, 0.3) is 0 Å². The molecule has 20 heavy (non-hydrogen) atoms. The number of benzene rings is 1. The Morgan fingerprint density at radius 3 is 2.55 bits per heavy atom. The molecule has 0 saturated carbocycles. The molecule has 0 heterocycles. The Labute approximate surface area is 123 Å². The van der Waals surface area contributed by atoms with Crippen LogP contribution in [0.1, 0.15) is 62.4 Å². The van der Waals surface area contributed by atoms with Gasteiger partial charge >= 0.3 is 0 Å². The summed E-state index contributed by atoms with van der Waals surface area (Å²) in [7, 11) is 0. The van der Waals surface area contributed by atoms with Crippen LogP contribution in [0.15, 0.2) is 18.2 Å². The maximum absolute atomic E-state index is 12.5. The first-order valence-electron chi connectivity index (χ1n) is 7.77. The van der Waals surface area contributed by atoms with Gasteiger partial charge in [-0.15, -0.1) is 0 Å². The highest BCUT2D eigenvalue weighted by Gasteiger charge is 2.15. The Balaban J connectivity index is 2.86. The molecule has 1 aromatic rings. The second kappa shape index (κ2) is 8.62. The molecule has 1 atom stereocenters. The minimum Gasteiger partial charge on any atom is -0.384 e. The van der Waals surface area contributed by atoms with E-state index in [9.17, 15) is 4.79 Å². The zero-order valence-electron chi connectivity index (χ0n) is 13.3. The smallest absolute Gasteiger partial charge is 0.253 e. The second-order valence-electron chi connectivity index (χ2n) is 5.34. The summed E-state index contributed by atoms with van der Waals surface area (Å²) in [5, 5.41) is 6.48. The average Bonchev–Trinajstić information content (AvgIpc) is 2.45. The molecule has 0 radical (unpaired) electrons. The maximum Gasteiger partial charge on any atom is 0.253 e. The topological polar surface area (TPSA) is 41.1 Å². The van der Waals surface area contributed by atoms with E-state index in [4.69, 9.17) is 0 Å². The number of anilines is 1. The molecule has 3 heteroatoms. The summed E-state index contributed by atoms with van der Waals surface area (Å²) in [5.74, 6) is 0.0348. The van der Waals surface area contributed by atoms with Gasteiger partial charge in [0.2, 0.25) is 0 Å². The molecule has 1 rings (SSSR count). The first-order chi connectivity index (χ1) is 9.62. The van der Waals surface area contributed by atoms with Crippen LogP contribution in [-0.4, -0.2) is 18.5 Å². The van der Waals surface area contributed by atoms with Gasteiger partial charge in [0.1, 0.15) is 0 Å². The van der Waals surface area contributed by atoms with E-state index in [0.717, 1.165) is 49.0 Å². The Morgan fingerprint density at radius 2 is 1.95 bits per heavy atom. The normalized spacial score (nSPS) is 12.0. The SMILES string of the molecule is CCCNc1ccc(C)cc1C(=O)NC(CC)CCC. The highest BCUT2D eigenvalue weighted by atomic mass is 16.1. The molecular weight excluding hydrogens is 248 g/mol. The quantitative estimate of drug-likeness (QED) is 0.749. The number of carbonyl (C=O) groups is 1. The van der Waals surface area contributed by atoms with Crippen LogP contribution in [-0.2, 0) is 0 Å². The monoisotopic (exact) mass is 276 g/mol. The Bertz CT molecular complexity index is 429. The fraction of sp³-hybridized carbons (Fsp3) is 0.588. The highest BCUT2D eigenvalue weighted by Crippen LogP contribution is 2.18. The largest absolute Gasteiger partial charge is 0.384 e. The molecule has 0 aliphatic heterocycles. The average molecular weight is 276 g/mol. The van der Waals surface area contributed by atoms with Gasteiger partial charge in [-0.25, -0.2) is 0 Å². The number of rotatable bonds is 8. The second-order valence-corrected chi connectivity index (χ2v) is 5.34. The summed E-state index contributed by atoms with van der Waals surface area (Å²) in [4.78, 5) is 12.5. The van der Waals surface area contributed by atoms with E-state index in [1.54, 1.807) is 0 Å². The van der Waals surface area contributed by atoms with Crippen molar-refractivity contribution in [1.29, 1.82) is 0 Å². The van der Waals surface area contributed by atoms with Crippen LogP contribution in [0, 0.1) is 6.92 Å². The zero-order valence-corrected chi connectivity index (χ0v) is 13.3. The lowest BCUT2D eigenvalue weighted by Gasteiger charge is -2.18. The molecule has 112 valence electrons. The predicted molar refractivity (Wildman–Crippen MR) is 86.4 cm³/mol. The summed E-state index contributed by atoms with van der Waals surface area (Å²) in [6, 6.07) is 6.28. The standard InChI is InChI=1S/C17H28N2O/c1-5-8-14(7-3)19-17(20)15-12-13(4)9-10-16(15)18-11-6-2/h9-10,12,14,18H,5-8,11H2,1-4H3,(H,19,20). The Kier molecular flexibility index (Phi) is 7.13. The van der Waals surface area contributed by atoms with Gasteiger partial charge in [-0.1, -0.05) is 38.8 Å². The lowest BCUT2D eigenvalue weighted by atomic mass is 10.1. The Hall–Kier alpha value is -1.51. The van der Waals surface area contributed by atoms with Crippen molar-refractivity contribution in [3.05, 3.63) is 29.3 Å². The van der Waals surface area contributed by atoms with Crippen LogP contribution >= 0.6 is 0 Å². The molecule has 0 aliphatic rings. The molecule has 3 nitrogen and oxygen atoms in total. The van der Waals surface area contributed by atoms with Crippen molar-refractivity contribution in [3.63, 3.8) is 0 Å². The van der Waals surface area contributed by atoms with Gasteiger partial charge < -0.3 is 10.6 Å². The molecule has 1 unspecified atom stereocenters. The first kappa shape index (κ1) is 16.5. The van der Waals surface area contributed by atoms with Gasteiger partial charge in [-0.3, -0.25) is 4.79 Å². The van der Waals surface area contributed by atoms with Gasteiger partial charge in [-0.05, 0) is 38.3 Å². The fourth-order valence-electron chi connectivity index (χ4n) is 2.25. The van der Waals surface area contributed by atoms with Gasteiger partial charge in [0.25, 0.3) is 5.91 Å². The lowest BCUT2D eigenvalue weighted by molar-refractivity contribution is 0.0934. The molecule has 0 aromatic heterocycles. The fourth-order valence-corrected chi connectivity index (χ4v) is 2.25. The third-order valence-electron chi connectivity index (χ3n) is 3.45. The molecule has 0 spiro atoms. The summed E-state index contributed by atoms with van der Waals surface area (Å²) in [6.07, 6.45) is 4.14. The number of hydrogen-bond acceptors (Lipinski definition) is 2. The summed E-state index contributed by atoms with van der Waals surface area (Å²) >= 11 is 0. The van der Waals surface area contributed by atoms with E-state index in [-0.39, 0.29) is 11.9 Å². The lowest BCUT2D eigenvalue weighted by Crippen LogP contribution is -2.34. The van der Waals surface area contributed by atoms with Crippen molar-refractivity contribution in [2.75, 3.05) is 11.9 Å². The summed E-state index contributed by atoms with van der Waals surface area (Å²) in [6.45, 7) is 9.29. The van der Waals surface area contributed by atoms with Crippen LogP contribution in [0.3, 0.4) is 0 Å². The van der Waals surface area contributed by atoms with Gasteiger partial charge in [0, 0.05) is 18.3 Å². The van der Waals surface area contributed by atoms with Crippen LogP contribution in [0.5, 0.6) is 0 Å². The number of nitrogens with one attached hydrogen (secondary N) is 2. The molecular formula is C17H28N2O. The number of amides is 1. The molecule has 0 aliphatic carbocycles. The number of carbonyl (C=O) groups excluding carboxylic acids is 1. The maximum atomic E-state index is 12.5. The number of hydrogen-bond donors (Lipinski definition) is 2. The third kappa shape index (κ3) is 4.87. The molecule has 1 aromatic carbocycles. The molecule has 1 amide bonds. The summed E-state index contributed by atoms with van der Waals surface area (Å²) < 4.78 is 0. The van der Waals surface area contributed by atoms with E-state index in [0.29, 0.717) is 0 Å². The van der Waals surface area contributed by atoms with Crippen molar-refractivity contribution in [1.82, 2.24) is 5.32 Å². The molecule has 0 saturated heterocycles. The van der Waals surface area contributed by atoms with Gasteiger partial charge in [-0.2, -0.15) is 0 Å². The minimum absolute atomic E-state index is 0.0348. The highest BCUT2D eigenvalue weighted by molar-refractivity contribution is 6.00. The predicted octanol–water partition coefficient (Wildman–Crippen LogP) is 4.13. The molecule has 2 N–H and O–H groups in total. The van der Waals surface area contributed by atoms with Gasteiger partial charge in [0.05, 0.1) is 5.56 Å². The van der Waals surface area contributed by atoms with Crippen molar-refractivity contribution in [2.45, 2.75) is 59.4 Å². The van der Waals surface area contributed by atoms with E-state index in [2.05, 4.69) is 31.4 Å². The van der Waals surface area contributed by atoms with Crippen molar-refractivity contribution < 1.29 is 4.79 Å². The van der Waals surface area contributed by atoms with Crippen molar-refractivity contribution in [2.24, 2.45) is 0 Å². The van der Waals surface area contributed by atoms with E-state index in [1.165, 1.54) is 0 Å². The zero-order chi connectivity index (χ0) is 15.0. The van der Waals surface area contributed by atoms with Crippen LogP contribution < -0.4 is 10.6 Å².